The molecule has 1 saturated heterocycles. The molecule has 2 heteroatoms. The van der Waals surface area contributed by atoms with Crippen molar-refractivity contribution in [1.82, 2.24) is 0 Å². The summed E-state index contributed by atoms with van der Waals surface area (Å²) >= 11 is 0. The van der Waals surface area contributed by atoms with Crippen LogP contribution in [0.1, 0.15) is 18.9 Å². The summed E-state index contributed by atoms with van der Waals surface area (Å²) in [4.78, 5) is 11.4. The van der Waals surface area contributed by atoms with Crippen LogP contribution in [-0.2, 0) is 16.0 Å². The molecule has 2 rings (SSSR count). The van der Waals surface area contributed by atoms with E-state index >= 15 is 0 Å². The fraction of sp³-hybridized carbons (Fsp3) is 0.417. The first-order valence-electron chi connectivity index (χ1n) is 4.98. The second-order valence-electron chi connectivity index (χ2n) is 3.87. The number of rotatable bonds is 3. The summed E-state index contributed by atoms with van der Waals surface area (Å²) in [5.74, 6) is -0.0381. The Morgan fingerprint density at radius 3 is 2.50 bits per heavy atom. The molecule has 1 aromatic carbocycles. The Balaban J connectivity index is 2.13. The van der Waals surface area contributed by atoms with Crippen LogP contribution in [0.4, 0.5) is 0 Å². The van der Waals surface area contributed by atoms with Crippen LogP contribution in [0, 0.1) is 5.41 Å². The van der Waals surface area contributed by atoms with Gasteiger partial charge in [0.25, 0.3) is 0 Å². The van der Waals surface area contributed by atoms with Crippen molar-refractivity contribution >= 4 is 5.97 Å². The zero-order valence-corrected chi connectivity index (χ0v) is 8.32. The van der Waals surface area contributed by atoms with Gasteiger partial charge in [-0.05, 0) is 18.4 Å². The molecule has 2 nitrogen and oxygen atoms in total. The molecule has 74 valence electrons. The molecule has 1 fully saturated rings. The minimum Gasteiger partial charge on any atom is -0.464 e. The number of carbonyl (C=O) groups excluding carboxylic acids is 1. The molecule has 0 unspecified atom stereocenters. The van der Waals surface area contributed by atoms with Crippen LogP contribution in [0.25, 0.3) is 0 Å². The van der Waals surface area contributed by atoms with E-state index < -0.39 is 0 Å². The van der Waals surface area contributed by atoms with Crippen LogP contribution in [0.2, 0.25) is 0 Å². The fourth-order valence-corrected chi connectivity index (χ4v) is 1.82. The smallest absolute Gasteiger partial charge is 0.315 e. The van der Waals surface area contributed by atoms with Crippen molar-refractivity contribution in [2.75, 3.05) is 6.61 Å². The third kappa shape index (κ3) is 1.41. The number of hydrogen-bond acceptors (Lipinski definition) is 2. The molecule has 1 aliphatic rings. The lowest BCUT2D eigenvalue weighted by Gasteiger charge is -2.38. The number of carbonyl (C=O) groups is 1. The van der Waals surface area contributed by atoms with Crippen LogP contribution in [0.3, 0.4) is 0 Å². The second kappa shape index (κ2) is 3.45. The number of benzene rings is 1. The van der Waals surface area contributed by atoms with Crippen LogP contribution >= 0.6 is 0 Å². The van der Waals surface area contributed by atoms with Crippen molar-refractivity contribution < 1.29 is 9.53 Å². The van der Waals surface area contributed by atoms with Crippen LogP contribution < -0.4 is 0 Å². The Kier molecular flexibility index (Phi) is 2.28. The second-order valence-corrected chi connectivity index (χ2v) is 3.87. The maximum absolute atomic E-state index is 11.4. The van der Waals surface area contributed by atoms with Crippen molar-refractivity contribution in [3.8, 4) is 0 Å². The Morgan fingerprint density at radius 1 is 1.36 bits per heavy atom. The summed E-state index contributed by atoms with van der Waals surface area (Å²) in [6, 6.07) is 10.1. The number of hydrogen-bond donors (Lipinski definition) is 0. The zero-order valence-electron chi connectivity index (χ0n) is 8.32. The van der Waals surface area contributed by atoms with Gasteiger partial charge < -0.3 is 4.74 Å². The van der Waals surface area contributed by atoms with E-state index in [-0.39, 0.29) is 11.4 Å². The van der Waals surface area contributed by atoms with E-state index in [2.05, 4.69) is 12.1 Å². The van der Waals surface area contributed by atoms with Gasteiger partial charge in [-0.25, -0.2) is 0 Å². The van der Waals surface area contributed by atoms with Crippen LogP contribution in [0.5, 0.6) is 0 Å². The Morgan fingerprint density at radius 2 is 2.07 bits per heavy atom. The lowest BCUT2D eigenvalue weighted by Crippen LogP contribution is -2.49. The maximum atomic E-state index is 11.4. The van der Waals surface area contributed by atoms with Gasteiger partial charge in [-0.3, -0.25) is 4.79 Å². The molecule has 0 saturated carbocycles. The van der Waals surface area contributed by atoms with E-state index in [1.54, 1.807) is 0 Å². The normalized spacial score (nSPS) is 25.4. The Labute approximate surface area is 83.9 Å². The molecule has 14 heavy (non-hydrogen) atoms. The third-order valence-electron chi connectivity index (χ3n) is 2.97. The van der Waals surface area contributed by atoms with Gasteiger partial charge >= 0.3 is 5.97 Å². The van der Waals surface area contributed by atoms with Crippen molar-refractivity contribution in [1.29, 1.82) is 0 Å². The van der Waals surface area contributed by atoms with Gasteiger partial charge in [0.1, 0.15) is 12.0 Å². The molecular weight excluding hydrogens is 176 g/mol. The molecule has 0 radical (unpaired) electrons. The molecule has 0 bridgehead atoms. The van der Waals surface area contributed by atoms with Gasteiger partial charge in [-0.1, -0.05) is 37.3 Å². The van der Waals surface area contributed by atoms with E-state index in [1.165, 1.54) is 5.56 Å². The molecule has 1 aromatic rings. The summed E-state index contributed by atoms with van der Waals surface area (Å²) in [6.45, 7) is 2.63. The van der Waals surface area contributed by atoms with E-state index in [4.69, 9.17) is 4.74 Å². The lowest BCUT2D eigenvalue weighted by molar-refractivity contribution is -0.185. The first-order chi connectivity index (χ1) is 6.77. The van der Waals surface area contributed by atoms with E-state index in [0.29, 0.717) is 6.61 Å². The standard InChI is InChI=1S/C12H14O2/c1-2-12(9-14-11(12)13)8-10-6-4-3-5-7-10/h3-7H,2,8-9H2,1H3/t12-/m0/s1. The van der Waals surface area contributed by atoms with Crippen molar-refractivity contribution in [2.45, 2.75) is 19.8 Å². The first-order valence-corrected chi connectivity index (χ1v) is 4.98. The summed E-state index contributed by atoms with van der Waals surface area (Å²) < 4.78 is 4.87. The SMILES string of the molecule is CC[C@]1(Cc2ccccc2)COC1=O. The number of ether oxygens (including phenoxy) is 1. The number of cyclic esters (lactones) is 1. The third-order valence-corrected chi connectivity index (χ3v) is 2.97. The van der Waals surface area contributed by atoms with Crippen molar-refractivity contribution in [3.05, 3.63) is 35.9 Å². The number of esters is 1. The molecule has 1 aliphatic heterocycles. The van der Waals surface area contributed by atoms with Gasteiger partial charge in [0.15, 0.2) is 0 Å². The summed E-state index contributed by atoms with van der Waals surface area (Å²) in [6.07, 6.45) is 1.67. The molecule has 0 amide bonds. The van der Waals surface area contributed by atoms with Gasteiger partial charge in [0.05, 0.1) is 0 Å². The molecule has 1 atom stereocenters. The molecule has 0 spiro atoms. The largest absolute Gasteiger partial charge is 0.464 e. The highest BCUT2D eigenvalue weighted by molar-refractivity contribution is 5.82. The van der Waals surface area contributed by atoms with Gasteiger partial charge in [-0.15, -0.1) is 0 Å². The van der Waals surface area contributed by atoms with E-state index in [0.717, 1.165) is 12.8 Å². The average Bonchev–Trinajstić information content (AvgIpc) is 2.25. The molecule has 0 N–H and O–H groups in total. The topological polar surface area (TPSA) is 26.3 Å². The van der Waals surface area contributed by atoms with Gasteiger partial charge in [-0.2, -0.15) is 0 Å². The minimum atomic E-state index is -0.235. The first kappa shape index (κ1) is 9.25. The monoisotopic (exact) mass is 190 g/mol. The van der Waals surface area contributed by atoms with Crippen LogP contribution in [0.15, 0.2) is 30.3 Å². The molecular formula is C12H14O2. The van der Waals surface area contributed by atoms with Crippen LogP contribution in [-0.4, -0.2) is 12.6 Å². The quantitative estimate of drug-likeness (QED) is 0.683. The summed E-state index contributed by atoms with van der Waals surface area (Å²) in [5, 5.41) is 0. The molecule has 0 aliphatic carbocycles. The highest BCUT2D eigenvalue weighted by atomic mass is 16.6. The maximum Gasteiger partial charge on any atom is 0.315 e. The fourth-order valence-electron chi connectivity index (χ4n) is 1.82. The van der Waals surface area contributed by atoms with Crippen molar-refractivity contribution in [3.63, 3.8) is 0 Å². The summed E-state index contributed by atoms with van der Waals surface area (Å²) in [7, 11) is 0. The Hall–Kier alpha value is -1.31. The lowest BCUT2D eigenvalue weighted by atomic mass is 9.77. The highest BCUT2D eigenvalue weighted by Gasteiger charge is 2.47. The summed E-state index contributed by atoms with van der Waals surface area (Å²) in [5.41, 5.74) is 0.979. The average molecular weight is 190 g/mol. The minimum absolute atomic E-state index is 0.0381. The predicted molar refractivity (Wildman–Crippen MR) is 53.8 cm³/mol. The Bertz CT molecular complexity index is 327. The van der Waals surface area contributed by atoms with Crippen molar-refractivity contribution in [2.24, 2.45) is 5.41 Å². The van der Waals surface area contributed by atoms with E-state index in [1.807, 2.05) is 25.1 Å². The molecule has 0 aromatic heterocycles. The predicted octanol–water partition coefficient (Wildman–Crippen LogP) is 2.18. The molecule has 1 heterocycles. The highest BCUT2D eigenvalue weighted by Crippen LogP contribution is 2.36. The zero-order chi connectivity index (χ0) is 10.0. The van der Waals surface area contributed by atoms with E-state index in [9.17, 15) is 4.79 Å². The van der Waals surface area contributed by atoms with Gasteiger partial charge in [0.2, 0.25) is 0 Å². The van der Waals surface area contributed by atoms with Gasteiger partial charge in [0, 0.05) is 0 Å².